The first kappa shape index (κ1) is 7.90. The highest BCUT2D eigenvalue weighted by molar-refractivity contribution is 6.08. The van der Waals surface area contributed by atoms with Gasteiger partial charge >= 0.3 is 0 Å². The average Bonchev–Trinajstić information content (AvgIpc) is 2.52. The number of nitrogens with one attached hydrogen (secondary N) is 1. The first-order chi connectivity index (χ1) is 5.38. The number of hydrogen-bond donors (Lipinski definition) is 1. The summed E-state index contributed by atoms with van der Waals surface area (Å²) in [6.07, 6.45) is 1.79. The Bertz CT molecular complexity index is 239. The largest absolute Gasteiger partial charge is 0.467 e. The van der Waals surface area contributed by atoms with Gasteiger partial charge in [0.05, 0.1) is 20.2 Å². The first-order valence-electron chi connectivity index (χ1n) is 3.25. The minimum atomic E-state index is -0.435. The van der Waals surface area contributed by atoms with E-state index >= 15 is 0 Å². The second kappa shape index (κ2) is 3.84. The fourth-order valence-electron chi connectivity index (χ4n) is 0.783. The SMILES string of the molecule is [B]CNC(C#N)c1ccco1. The maximum Gasteiger partial charge on any atom is 0.153 e. The van der Waals surface area contributed by atoms with Gasteiger partial charge in [-0.3, -0.25) is 0 Å². The molecule has 0 amide bonds. The van der Waals surface area contributed by atoms with Gasteiger partial charge in [-0.25, -0.2) is 0 Å². The van der Waals surface area contributed by atoms with E-state index < -0.39 is 6.04 Å². The Balaban J connectivity index is 2.65. The van der Waals surface area contributed by atoms with Crippen LogP contribution in [0.2, 0.25) is 0 Å². The molecule has 0 spiro atoms. The van der Waals surface area contributed by atoms with E-state index in [0.717, 1.165) is 0 Å². The summed E-state index contributed by atoms with van der Waals surface area (Å²) in [6.45, 7) is 0. The zero-order valence-electron chi connectivity index (χ0n) is 5.95. The molecular weight excluding hydrogens is 139 g/mol. The van der Waals surface area contributed by atoms with Crippen molar-refractivity contribution in [3.05, 3.63) is 24.2 Å². The lowest BCUT2D eigenvalue weighted by molar-refractivity contribution is 0.470. The van der Waals surface area contributed by atoms with Gasteiger partial charge < -0.3 is 9.73 Å². The quantitative estimate of drug-likeness (QED) is 0.633. The fraction of sp³-hybridized carbons (Fsp3) is 0.286. The van der Waals surface area contributed by atoms with Crippen LogP contribution in [0.3, 0.4) is 0 Å². The van der Waals surface area contributed by atoms with Crippen molar-refractivity contribution in [2.75, 3.05) is 6.44 Å². The van der Waals surface area contributed by atoms with Gasteiger partial charge in [-0.05, 0) is 18.6 Å². The highest BCUT2D eigenvalue weighted by atomic mass is 16.3. The van der Waals surface area contributed by atoms with E-state index in [1.54, 1.807) is 12.1 Å². The standard InChI is InChI=1S/C7H7BN2O/c8-5-10-6(4-9)7-2-1-3-11-7/h1-3,6,10H,5H2. The van der Waals surface area contributed by atoms with E-state index in [1.165, 1.54) is 6.26 Å². The second-order valence-electron chi connectivity index (χ2n) is 1.99. The van der Waals surface area contributed by atoms with E-state index in [9.17, 15) is 0 Å². The van der Waals surface area contributed by atoms with Gasteiger partial charge in [0.2, 0.25) is 0 Å². The number of furan rings is 1. The zero-order chi connectivity index (χ0) is 8.10. The van der Waals surface area contributed by atoms with Crippen LogP contribution in [0.1, 0.15) is 11.8 Å². The lowest BCUT2D eigenvalue weighted by atomic mass is 10.1. The highest BCUT2D eigenvalue weighted by Gasteiger charge is 2.09. The molecule has 3 nitrogen and oxygen atoms in total. The maximum absolute atomic E-state index is 8.60. The highest BCUT2D eigenvalue weighted by Crippen LogP contribution is 2.10. The van der Waals surface area contributed by atoms with Crippen molar-refractivity contribution < 1.29 is 4.42 Å². The van der Waals surface area contributed by atoms with Gasteiger partial charge in [0.1, 0.15) is 5.76 Å². The molecule has 0 aliphatic carbocycles. The molecule has 1 N–H and O–H groups in total. The van der Waals surface area contributed by atoms with Crippen LogP contribution < -0.4 is 5.32 Å². The van der Waals surface area contributed by atoms with Gasteiger partial charge in [0.15, 0.2) is 6.04 Å². The molecule has 0 fully saturated rings. The monoisotopic (exact) mass is 146 g/mol. The van der Waals surface area contributed by atoms with Gasteiger partial charge in [0.25, 0.3) is 0 Å². The Labute approximate surface area is 66.4 Å². The molecule has 0 saturated heterocycles. The Morgan fingerprint density at radius 1 is 1.82 bits per heavy atom. The zero-order valence-corrected chi connectivity index (χ0v) is 5.95. The first-order valence-corrected chi connectivity index (χ1v) is 3.25. The number of hydrogen-bond acceptors (Lipinski definition) is 3. The lowest BCUT2D eigenvalue weighted by Crippen LogP contribution is -2.20. The van der Waals surface area contributed by atoms with Crippen molar-refractivity contribution >= 4 is 7.85 Å². The topological polar surface area (TPSA) is 49.0 Å². The molecule has 0 aliphatic heterocycles. The van der Waals surface area contributed by atoms with E-state index in [4.69, 9.17) is 17.5 Å². The van der Waals surface area contributed by atoms with Crippen LogP contribution in [-0.4, -0.2) is 14.3 Å². The maximum atomic E-state index is 8.60. The van der Waals surface area contributed by atoms with E-state index in [-0.39, 0.29) is 6.44 Å². The second-order valence-corrected chi connectivity index (χ2v) is 1.99. The molecule has 0 aromatic carbocycles. The van der Waals surface area contributed by atoms with Crippen LogP contribution in [0.5, 0.6) is 0 Å². The molecule has 0 saturated carbocycles. The van der Waals surface area contributed by atoms with Crippen LogP contribution in [0, 0.1) is 11.3 Å². The van der Waals surface area contributed by atoms with E-state index in [1.807, 2.05) is 6.07 Å². The predicted octanol–water partition coefficient (Wildman–Crippen LogP) is 0.560. The summed E-state index contributed by atoms with van der Waals surface area (Å²) in [4.78, 5) is 0. The van der Waals surface area contributed by atoms with E-state index in [2.05, 4.69) is 5.32 Å². The third-order valence-corrected chi connectivity index (χ3v) is 1.28. The Morgan fingerprint density at radius 2 is 2.64 bits per heavy atom. The minimum Gasteiger partial charge on any atom is -0.467 e. The smallest absolute Gasteiger partial charge is 0.153 e. The molecule has 54 valence electrons. The summed E-state index contributed by atoms with van der Waals surface area (Å²) < 4.78 is 5.00. The lowest BCUT2D eigenvalue weighted by Gasteiger charge is -2.04. The number of nitriles is 1. The van der Waals surface area contributed by atoms with Crippen molar-refractivity contribution in [2.24, 2.45) is 0 Å². The Kier molecular flexibility index (Phi) is 2.76. The van der Waals surface area contributed by atoms with E-state index in [0.29, 0.717) is 5.76 Å². The third-order valence-electron chi connectivity index (χ3n) is 1.28. The molecule has 1 aromatic rings. The van der Waals surface area contributed by atoms with Gasteiger partial charge in [-0.2, -0.15) is 5.26 Å². The van der Waals surface area contributed by atoms with Crippen LogP contribution >= 0.6 is 0 Å². The number of nitrogens with zero attached hydrogens (tertiary/aromatic N) is 1. The molecule has 1 atom stereocenters. The number of rotatable bonds is 3. The summed E-state index contributed by atoms with van der Waals surface area (Å²) in [5, 5.41) is 11.4. The molecule has 1 aromatic heterocycles. The predicted molar refractivity (Wildman–Crippen MR) is 40.8 cm³/mol. The summed E-state index contributed by atoms with van der Waals surface area (Å²) in [5.41, 5.74) is 0. The molecule has 1 unspecified atom stereocenters. The third kappa shape index (κ3) is 1.86. The van der Waals surface area contributed by atoms with Crippen molar-refractivity contribution in [2.45, 2.75) is 6.04 Å². The summed E-state index contributed by atoms with van der Waals surface area (Å²) in [7, 11) is 5.21. The normalized spacial score (nSPS) is 12.3. The van der Waals surface area contributed by atoms with Crippen molar-refractivity contribution in [3.8, 4) is 6.07 Å². The molecule has 0 aliphatic rings. The molecular formula is C7H7BN2O. The van der Waals surface area contributed by atoms with Crippen molar-refractivity contribution in [1.82, 2.24) is 5.32 Å². The van der Waals surface area contributed by atoms with Crippen molar-refractivity contribution in [3.63, 3.8) is 0 Å². The summed E-state index contributed by atoms with van der Waals surface area (Å²) in [5.74, 6) is 0.595. The van der Waals surface area contributed by atoms with Crippen LogP contribution in [0.25, 0.3) is 0 Å². The molecule has 2 radical (unpaired) electrons. The summed E-state index contributed by atoms with van der Waals surface area (Å²) in [6, 6.07) is 5.05. The molecule has 0 bridgehead atoms. The molecule has 11 heavy (non-hydrogen) atoms. The molecule has 1 rings (SSSR count). The Morgan fingerprint density at radius 3 is 3.09 bits per heavy atom. The molecule has 1 heterocycles. The van der Waals surface area contributed by atoms with Crippen molar-refractivity contribution in [1.29, 1.82) is 5.26 Å². The van der Waals surface area contributed by atoms with Crippen LogP contribution in [0.4, 0.5) is 0 Å². The fourth-order valence-corrected chi connectivity index (χ4v) is 0.783. The van der Waals surface area contributed by atoms with Gasteiger partial charge in [0, 0.05) is 0 Å². The average molecular weight is 146 g/mol. The van der Waals surface area contributed by atoms with Crippen LogP contribution in [0.15, 0.2) is 22.8 Å². The minimum absolute atomic E-state index is 0.263. The Hall–Kier alpha value is -1.21. The van der Waals surface area contributed by atoms with Crippen LogP contribution in [-0.2, 0) is 0 Å². The van der Waals surface area contributed by atoms with Gasteiger partial charge in [-0.1, -0.05) is 0 Å². The van der Waals surface area contributed by atoms with Gasteiger partial charge in [-0.15, -0.1) is 0 Å². The summed E-state index contributed by atoms with van der Waals surface area (Å²) >= 11 is 0. The molecule has 4 heteroatoms.